The number of Topliss-reactive ketones (excluding diaryl/α,β-unsaturated/α-hetero) is 1. The summed E-state index contributed by atoms with van der Waals surface area (Å²) in [6.45, 7) is 7.55. The van der Waals surface area contributed by atoms with E-state index >= 15 is 0 Å². The Hall–Kier alpha value is -0.900. The van der Waals surface area contributed by atoms with Crippen molar-refractivity contribution in [2.75, 3.05) is 0 Å². The molecular formula is C11H21NO3. The van der Waals surface area contributed by atoms with Gasteiger partial charge in [-0.1, -0.05) is 27.7 Å². The number of carboxylic acids is 1. The van der Waals surface area contributed by atoms with Crippen LogP contribution in [0.4, 0.5) is 0 Å². The number of hydrogen-bond acceptors (Lipinski definition) is 3. The van der Waals surface area contributed by atoms with Crippen LogP contribution in [0.2, 0.25) is 0 Å². The van der Waals surface area contributed by atoms with Crippen molar-refractivity contribution in [2.24, 2.45) is 5.92 Å². The Balaban J connectivity index is 4.30. The summed E-state index contributed by atoms with van der Waals surface area (Å²) < 4.78 is 0. The predicted molar refractivity (Wildman–Crippen MR) is 58.8 cm³/mol. The van der Waals surface area contributed by atoms with Gasteiger partial charge in [-0.25, -0.2) is 0 Å². The minimum atomic E-state index is -0.859. The fourth-order valence-electron chi connectivity index (χ4n) is 1.38. The zero-order valence-electron chi connectivity index (χ0n) is 9.91. The Kier molecular flexibility index (Phi) is 6.17. The van der Waals surface area contributed by atoms with E-state index in [1.807, 2.05) is 27.7 Å². The zero-order chi connectivity index (χ0) is 12.0. The van der Waals surface area contributed by atoms with Crippen molar-refractivity contribution in [2.45, 2.75) is 52.6 Å². The van der Waals surface area contributed by atoms with Gasteiger partial charge in [0.15, 0.2) is 5.78 Å². The zero-order valence-corrected chi connectivity index (χ0v) is 9.91. The topological polar surface area (TPSA) is 66.4 Å². The molecule has 0 rings (SSSR count). The van der Waals surface area contributed by atoms with Crippen LogP contribution in [-0.2, 0) is 9.59 Å². The molecule has 0 aromatic carbocycles. The summed E-state index contributed by atoms with van der Waals surface area (Å²) in [6.07, 6.45) is 0.396. The minimum Gasteiger partial charge on any atom is -0.481 e. The van der Waals surface area contributed by atoms with Gasteiger partial charge in [-0.3, -0.25) is 9.59 Å². The van der Waals surface area contributed by atoms with Gasteiger partial charge in [-0.05, 0) is 6.42 Å². The maximum absolute atomic E-state index is 11.7. The Morgan fingerprint density at radius 2 is 1.73 bits per heavy atom. The Labute approximate surface area is 91.1 Å². The average molecular weight is 215 g/mol. The van der Waals surface area contributed by atoms with E-state index in [0.29, 0.717) is 6.42 Å². The number of rotatable bonds is 7. The van der Waals surface area contributed by atoms with Gasteiger partial charge in [-0.2, -0.15) is 0 Å². The van der Waals surface area contributed by atoms with Crippen LogP contribution in [0.15, 0.2) is 0 Å². The second kappa shape index (κ2) is 6.56. The van der Waals surface area contributed by atoms with Gasteiger partial charge >= 0.3 is 5.97 Å². The molecule has 0 heterocycles. The number of carboxylic acid groups (broad SMARTS) is 1. The molecule has 0 aliphatic rings. The van der Waals surface area contributed by atoms with Gasteiger partial charge in [0.1, 0.15) is 0 Å². The Morgan fingerprint density at radius 3 is 2.07 bits per heavy atom. The van der Waals surface area contributed by atoms with Crippen LogP contribution >= 0.6 is 0 Å². The van der Waals surface area contributed by atoms with E-state index in [2.05, 4.69) is 5.32 Å². The molecule has 2 N–H and O–H groups in total. The minimum absolute atomic E-state index is 0.0306. The van der Waals surface area contributed by atoms with Crippen LogP contribution in [0.3, 0.4) is 0 Å². The summed E-state index contributed by atoms with van der Waals surface area (Å²) in [4.78, 5) is 22.2. The summed E-state index contributed by atoms with van der Waals surface area (Å²) in [7, 11) is 0. The lowest BCUT2D eigenvalue weighted by Gasteiger charge is -2.21. The van der Waals surface area contributed by atoms with E-state index in [-0.39, 0.29) is 30.2 Å². The van der Waals surface area contributed by atoms with Crippen molar-refractivity contribution < 1.29 is 14.7 Å². The van der Waals surface area contributed by atoms with Crippen molar-refractivity contribution in [3.8, 4) is 0 Å². The number of hydrogen-bond donors (Lipinski definition) is 2. The van der Waals surface area contributed by atoms with Crippen molar-refractivity contribution >= 4 is 11.8 Å². The molecule has 0 radical (unpaired) electrons. The third-order valence-corrected chi connectivity index (χ3v) is 2.09. The van der Waals surface area contributed by atoms with Crippen LogP contribution in [-0.4, -0.2) is 28.9 Å². The third-order valence-electron chi connectivity index (χ3n) is 2.09. The van der Waals surface area contributed by atoms with Crippen molar-refractivity contribution in [1.29, 1.82) is 0 Å². The molecule has 1 atom stereocenters. The number of aliphatic carboxylic acids is 1. The van der Waals surface area contributed by atoms with Gasteiger partial charge in [0, 0.05) is 18.4 Å². The summed E-state index contributed by atoms with van der Waals surface area (Å²) >= 11 is 0. The molecule has 0 saturated heterocycles. The van der Waals surface area contributed by atoms with Crippen LogP contribution in [0.1, 0.15) is 40.5 Å². The highest BCUT2D eigenvalue weighted by molar-refractivity contribution is 5.86. The molecule has 0 saturated carbocycles. The molecule has 15 heavy (non-hydrogen) atoms. The highest BCUT2D eigenvalue weighted by atomic mass is 16.4. The van der Waals surface area contributed by atoms with Crippen molar-refractivity contribution in [3.05, 3.63) is 0 Å². The van der Waals surface area contributed by atoms with Gasteiger partial charge in [0.2, 0.25) is 0 Å². The van der Waals surface area contributed by atoms with E-state index in [9.17, 15) is 9.59 Å². The first kappa shape index (κ1) is 14.1. The molecule has 0 bridgehead atoms. The fraction of sp³-hybridized carbons (Fsp3) is 0.818. The van der Waals surface area contributed by atoms with Crippen LogP contribution < -0.4 is 5.32 Å². The molecule has 0 fully saturated rings. The fourth-order valence-corrected chi connectivity index (χ4v) is 1.38. The SMILES string of the molecule is CC(C)NC(CCC(=O)O)C(=O)C(C)C. The summed E-state index contributed by atoms with van der Waals surface area (Å²) in [5.41, 5.74) is 0. The molecule has 0 amide bonds. The first-order valence-electron chi connectivity index (χ1n) is 5.36. The smallest absolute Gasteiger partial charge is 0.303 e. The normalized spacial score (nSPS) is 13.2. The van der Waals surface area contributed by atoms with E-state index in [0.717, 1.165) is 0 Å². The molecule has 4 nitrogen and oxygen atoms in total. The second-order valence-corrected chi connectivity index (χ2v) is 4.36. The monoisotopic (exact) mass is 215 g/mol. The van der Waals surface area contributed by atoms with E-state index in [1.54, 1.807) is 0 Å². The van der Waals surface area contributed by atoms with E-state index in [1.165, 1.54) is 0 Å². The quantitative estimate of drug-likeness (QED) is 0.674. The number of nitrogens with one attached hydrogen (secondary N) is 1. The Bertz CT molecular complexity index is 224. The van der Waals surface area contributed by atoms with Crippen LogP contribution in [0, 0.1) is 5.92 Å². The highest BCUT2D eigenvalue weighted by Gasteiger charge is 2.22. The molecule has 0 aromatic rings. The third kappa shape index (κ3) is 6.23. The molecule has 0 aliphatic carbocycles. The van der Waals surface area contributed by atoms with E-state index in [4.69, 9.17) is 5.11 Å². The summed E-state index contributed by atoms with van der Waals surface area (Å²) in [5, 5.41) is 11.7. The molecule has 4 heteroatoms. The lowest BCUT2D eigenvalue weighted by molar-refractivity contribution is -0.137. The molecule has 0 aromatic heterocycles. The molecule has 0 aliphatic heterocycles. The predicted octanol–water partition coefficient (Wildman–Crippen LogP) is 1.44. The number of ketones is 1. The first-order valence-corrected chi connectivity index (χ1v) is 5.36. The standard InChI is InChI=1S/C11H21NO3/c1-7(2)11(15)9(12-8(3)4)5-6-10(13)14/h7-9,12H,5-6H2,1-4H3,(H,13,14). The van der Waals surface area contributed by atoms with Gasteiger partial charge in [0.05, 0.1) is 6.04 Å². The van der Waals surface area contributed by atoms with E-state index < -0.39 is 5.97 Å². The number of carbonyl (C=O) groups is 2. The van der Waals surface area contributed by atoms with Gasteiger partial charge in [0.25, 0.3) is 0 Å². The number of carbonyl (C=O) groups excluding carboxylic acids is 1. The van der Waals surface area contributed by atoms with Crippen LogP contribution in [0.25, 0.3) is 0 Å². The largest absolute Gasteiger partial charge is 0.481 e. The first-order chi connectivity index (χ1) is 6.84. The Morgan fingerprint density at radius 1 is 1.20 bits per heavy atom. The average Bonchev–Trinajstić information content (AvgIpc) is 2.10. The molecule has 1 unspecified atom stereocenters. The van der Waals surface area contributed by atoms with Crippen molar-refractivity contribution in [1.82, 2.24) is 5.32 Å². The molecular weight excluding hydrogens is 194 g/mol. The highest BCUT2D eigenvalue weighted by Crippen LogP contribution is 2.07. The maximum Gasteiger partial charge on any atom is 0.303 e. The lowest BCUT2D eigenvalue weighted by atomic mass is 9.97. The second-order valence-electron chi connectivity index (χ2n) is 4.36. The maximum atomic E-state index is 11.7. The molecule has 88 valence electrons. The summed E-state index contributed by atoms with van der Waals surface area (Å²) in [6, 6.07) is -0.146. The lowest BCUT2D eigenvalue weighted by Crippen LogP contribution is -2.43. The van der Waals surface area contributed by atoms with Crippen LogP contribution in [0.5, 0.6) is 0 Å². The molecule has 0 spiro atoms. The van der Waals surface area contributed by atoms with Gasteiger partial charge in [-0.15, -0.1) is 0 Å². The van der Waals surface area contributed by atoms with Gasteiger partial charge < -0.3 is 10.4 Å². The van der Waals surface area contributed by atoms with Crippen molar-refractivity contribution in [3.63, 3.8) is 0 Å². The summed E-state index contributed by atoms with van der Waals surface area (Å²) in [5.74, 6) is -0.831.